The highest BCUT2D eigenvalue weighted by Gasteiger charge is 2.12. The summed E-state index contributed by atoms with van der Waals surface area (Å²) in [6.07, 6.45) is 0. The van der Waals surface area contributed by atoms with Gasteiger partial charge in [-0.2, -0.15) is 0 Å². The molecule has 116 valence electrons. The number of nitrogens with zero attached hydrogens (tertiary/aromatic N) is 1. The zero-order valence-electron chi connectivity index (χ0n) is 12.6. The lowest BCUT2D eigenvalue weighted by atomic mass is 10.1. The number of nitrogens with one attached hydrogen (secondary N) is 1. The molecule has 0 saturated carbocycles. The van der Waals surface area contributed by atoms with Gasteiger partial charge in [-0.25, -0.2) is 14.2 Å². The number of hydrogen-bond donors (Lipinski definition) is 2. The van der Waals surface area contributed by atoms with Gasteiger partial charge in [0.2, 0.25) is 0 Å². The van der Waals surface area contributed by atoms with Crippen LogP contribution in [0.5, 0.6) is 0 Å². The van der Waals surface area contributed by atoms with Crippen LogP contribution in [0.3, 0.4) is 0 Å². The van der Waals surface area contributed by atoms with Gasteiger partial charge in [0.05, 0.1) is 22.2 Å². The topological polar surface area (TPSA) is 92.2 Å². The first kappa shape index (κ1) is 14.8. The first-order chi connectivity index (χ1) is 10.9. The number of carboxylic acid groups (broad SMARTS) is 1. The molecule has 0 saturated heterocycles. The van der Waals surface area contributed by atoms with E-state index in [-0.39, 0.29) is 16.5 Å². The SMILES string of the molecule is Cc1cc(C)cc(-n2c(=O)[nH]c3cc(C(=O)O)ccc3c2=O)c1. The standard InChI is InChI=1S/C17H14N2O4/c1-9-5-10(2)7-12(6-9)19-15(20)13-4-3-11(16(21)22)8-14(13)18-17(19)23/h3-8H,1-2H3,(H,18,23)(H,21,22). The van der Waals surface area contributed by atoms with Crippen LogP contribution in [0.1, 0.15) is 21.5 Å². The van der Waals surface area contributed by atoms with Crippen molar-refractivity contribution in [3.05, 3.63) is 73.9 Å². The Morgan fingerprint density at radius 1 is 1.04 bits per heavy atom. The van der Waals surface area contributed by atoms with E-state index in [1.807, 2.05) is 19.9 Å². The first-order valence-electron chi connectivity index (χ1n) is 6.98. The summed E-state index contributed by atoms with van der Waals surface area (Å²) in [6.45, 7) is 3.77. The van der Waals surface area contributed by atoms with E-state index < -0.39 is 17.2 Å². The fourth-order valence-electron chi connectivity index (χ4n) is 2.67. The molecule has 3 aromatic rings. The van der Waals surface area contributed by atoms with Crippen LogP contribution < -0.4 is 11.2 Å². The highest BCUT2D eigenvalue weighted by Crippen LogP contribution is 2.13. The molecule has 3 rings (SSSR count). The van der Waals surface area contributed by atoms with Crippen LogP contribution in [0.15, 0.2) is 46.0 Å². The van der Waals surface area contributed by atoms with E-state index in [1.54, 1.807) is 12.1 Å². The molecule has 1 aromatic heterocycles. The van der Waals surface area contributed by atoms with Crippen molar-refractivity contribution in [3.63, 3.8) is 0 Å². The van der Waals surface area contributed by atoms with Crippen molar-refractivity contribution in [3.8, 4) is 5.69 Å². The molecule has 0 aliphatic heterocycles. The van der Waals surface area contributed by atoms with Gasteiger partial charge in [-0.15, -0.1) is 0 Å². The number of aromatic nitrogens is 2. The van der Waals surface area contributed by atoms with Gasteiger partial charge >= 0.3 is 11.7 Å². The quantitative estimate of drug-likeness (QED) is 0.757. The summed E-state index contributed by atoms with van der Waals surface area (Å²) in [4.78, 5) is 38.5. The molecule has 0 spiro atoms. The highest BCUT2D eigenvalue weighted by molar-refractivity contribution is 5.92. The molecule has 0 aliphatic rings. The Balaban J connectivity index is 2.35. The minimum atomic E-state index is -1.12. The van der Waals surface area contributed by atoms with Crippen LogP contribution in [-0.2, 0) is 0 Å². The maximum absolute atomic E-state index is 12.6. The second kappa shape index (κ2) is 5.24. The van der Waals surface area contributed by atoms with E-state index in [0.29, 0.717) is 5.69 Å². The molecular formula is C17H14N2O4. The molecule has 23 heavy (non-hydrogen) atoms. The Kier molecular flexibility index (Phi) is 3.37. The molecule has 2 aromatic carbocycles. The summed E-state index contributed by atoms with van der Waals surface area (Å²) in [7, 11) is 0. The van der Waals surface area contributed by atoms with Gasteiger partial charge in [0.15, 0.2) is 0 Å². The number of carbonyl (C=O) groups is 1. The molecule has 0 unspecified atom stereocenters. The fourth-order valence-corrected chi connectivity index (χ4v) is 2.67. The van der Waals surface area contributed by atoms with Crippen LogP contribution in [0.4, 0.5) is 0 Å². The smallest absolute Gasteiger partial charge is 0.335 e. The van der Waals surface area contributed by atoms with Crippen LogP contribution in [0.25, 0.3) is 16.6 Å². The number of aryl methyl sites for hydroxylation is 2. The lowest BCUT2D eigenvalue weighted by molar-refractivity contribution is 0.0697. The van der Waals surface area contributed by atoms with E-state index in [1.165, 1.54) is 18.2 Å². The molecule has 0 aliphatic carbocycles. The second-order valence-corrected chi connectivity index (χ2v) is 5.48. The normalized spacial score (nSPS) is 10.9. The van der Waals surface area contributed by atoms with Gasteiger partial charge < -0.3 is 10.1 Å². The highest BCUT2D eigenvalue weighted by atomic mass is 16.4. The monoisotopic (exact) mass is 310 g/mol. The number of aromatic amines is 1. The molecule has 0 radical (unpaired) electrons. The van der Waals surface area contributed by atoms with Crippen LogP contribution in [0.2, 0.25) is 0 Å². The van der Waals surface area contributed by atoms with Crippen molar-refractivity contribution in [2.24, 2.45) is 0 Å². The fraction of sp³-hybridized carbons (Fsp3) is 0.118. The van der Waals surface area contributed by atoms with E-state index in [0.717, 1.165) is 15.7 Å². The molecular weight excluding hydrogens is 296 g/mol. The van der Waals surface area contributed by atoms with Crippen molar-refractivity contribution >= 4 is 16.9 Å². The molecule has 1 heterocycles. The first-order valence-corrected chi connectivity index (χ1v) is 6.98. The van der Waals surface area contributed by atoms with E-state index in [4.69, 9.17) is 5.11 Å². The van der Waals surface area contributed by atoms with Gasteiger partial charge in [-0.1, -0.05) is 6.07 Å². The summed E-state index contributed by atoms with van der Waals surface area (Å²) in [6, 6.07) is 9.49. The van der Waals surface area contributed by atoms with Crippen LogP contribution in [0, 0.1) is 13.8 Å². The third kappa shape index (κ3) is 2.55. The Hall–Kier alpha value is -3.15. The molecule has 2 N–H and O–H groups in total. The Bertz CT molecular complexity index is 1040. The maximum Gasteiger partial charge on any atom is 0.335 e. The molecule has 0 amide bonds. The number of hydrogen-bond acceptors (Lipinski definition) is 3. The van der Waals surface area contributed by atoms with Gasteiger partial charge in [0.25, 0.3) is 5.56 Å². The maximum atomic E-state index is 12.6. The van der Waals surface area contributed by atoms with Crippen molar-refractivity contribution in [1.82, 2.24) is 9.55 Å². The largest absolute Gasteiger partial charge is 0.478 e. The molecule has 6 heteroatoms. The summed E-state index contributed by atoms with van der Waals surface area (Å²) < 4.78 is 1.06. The Labute approximate surface area is 130 Å². The zero-order chi connectivity index (χ0) is 16.7. The number of carboxylic acids is 1. The Morgan fingerprint density at radius 2 is 1.70 bits per heavy atom. The molecule has 0 fully saturated rings. The third-order valence-corrected chi connectivity index (χ3v) is 3.61. The number of rotatable bonds is 2. The van der Waals surface area contributed by atoms with Crippen LogP contribution >= 0.6 is 0 Å². The van der Waals surface area contributed by atoms with Gasteiger partial charge in [0, 0.05) is 0 Å². The lowest BCUT2D eigenvalue weighted by Gasteiger charge is -2.09. The van der Waals surface area contributed by atoms with E-state index in [9.17, 15) is 14.4 Å². The number of aromatic carboxylic acids is 1. The average molecular weight is 310 g/mol. The summed E-state index contributed by atoms with van der Waals surface area (Å²) in [5.74, 6) is -1.12. The van der Waals surface area contributed by atoms with Crippen LogP contribution in [-0.4, -0.2) is 20.6 Å². The molecule has 0 atom stereocenters. The summed E-state index contributed by atoms with van der Waals surface area (Å²) >= 11 is 0. The number of fused-ring (bicyclic) bond motifs is 1. The minimum Gasteiger partial charge on any atom is -0.478 e. The van der Waals surface area contributed by atoms with Crippen molar-refractivity contribution in [1.29, 1.82) is 0 Å². The lowest BCUT2D eigenvalue weighted by Crippen LogP contribution is -2.33. The van der Waals surface area contributed by atoms with E-state index >= 15 is 0 Å². The van der Waals surface area contributed by atoms with Crippen molar-refractivity contribution < 1.29 is 9.90 Å². The zero-order valence-corrected chi connectivity index (χ0v) is 12.6. The van der Waals surface area contributed by atoms with Gasteiger partial charge in [-0.05, 0) is 55.3 Å². The van der Waals surface area contributed by atoms with Gasteiger partial charge in [0.1, 0.15) is 0 Å². The van der Waals surface area contributed by atoms with Crippen molar-refractivity contribution in [2.75, 3.05) is 0 Å². The predicted molar refractivity (Wildman–Crippen MR) is 86.6 cm³/mol. The number of benzene rings is 2. The van der Waals surface area contributed by atoms with Crippen molar-refractivity contribution in [2.45, 2.75) is 13.8 Å². The number of H-pyrrole nitrogens is 1. The third-order valence-electron chi connectivity index (χ3n) is 3.61. The second-order valence-electron chi connectivity index (χ2n) is 5.48. The summed E-state index contributed by atoms with van der Waals surface area (Å²) in [5, 5.41) is 9.26. The molecule has 6 nitrogen and oxygen atoms in total. The minimum absolute atomic E-state index is 0.0108. The predicted octanol–water partition coefficient (Wildman–Crippen LogP) is 1.99. The van der Waals surface area contributed by atoms with Gasteiger partial charge in [-0.3, -0.25) is 4.79 Å². The Morgan fingerprint density at radius 3 is 2.30 bits per heavy atom. The molecule has 0 bridgehead atoms. The van der Waals surface area contributed by atoms with E-state index in [2.05, 4.69) is 4.98 Å². The summed E-state index contributed by atoms with van der Waals surface area (Å²) in [5.41, 5.74) is 1.50. The average Bonchev–Trinajstić information content (AvgIpc) is 2.45.